The Hall–Kier alpha value is -3.06. The fraction of sp³-hybridized carbons (Fsp3) is 0.462. The monoisotopic (exact) mass is 450 g/mol. The first-order valence-electron chi connectivity index (χ1n) is 11.5. The van der Waals surface area contributed by atoms with Crippen LogP contribution in [0, 0.1) is 20.8 Å². The summed E-state index contributed by atoms with van der Waals surface area (Å²) >= 11 is 0. The van der Waals surface area contributed by atoms with Gasteiger partial charge in [-0.05, 0) is 56.5 Å². The van der Waals surface area contributed by atoms with Gasteiger partial charge in [0.2, 0.25) is 11.7 Å². The van der Waals surface area contributed by atoms with Crippen molar-refractivity contribution in [2.75, 3.05) is 52.4 Å². The molecule has 0 radical (unpaired) electrons. The number of methoxy groups -OCH3 is 3. The lowest BCUT2D eigenvalue weighted by Crippen LogP contribution is -2.31. The molecule has 4 rings (SSSR count). The van der Waals surface area contributed by atoms with Crippen molar-refractivity contribution in [1.29, 1.82) is 0 Å². The molecule has 1 aromatic heterocycles. The Bertz CT molecular complexity index is 1150. The summed E-state index contributed by atoms with van der Waals surface area (Å²) in [6.07, 6.45) is 1.04. The molecule has 1 aliphatic rings. The largest absolute Gasteiger partial charge is 0.493 e. The summed E-state index contributed by atoms with van der Waals surface area (Å²) in [6.45, 7) is 10.9. The first-order chi connectivity index (χ1) is 15.9. The van der Waals surface area contributed by atoms with Gasteiger partial charge in [0, 0.05) is 43.7 Å². The minimum absolute atomic E-state index is 0.638. The summed E-state index contributed by atoms with van der Waals surface area (Å²) in [5.41, 5.74) is 5.69. The lowest BCUT2D eigenvalue weighted by atomic mass is 10.1. The number of hydrogen-bond acceptors (Lipinski definition) is 7. The number of fused-ring (bicyclic) bond motifs is 1. The summed E-state index contributed by atoms with van der Waals surface area (Å²) in [6, 6.07) is 8.37. The van der Waals surface area contributed by atoms with Crippen molar-refractivity contribution in [2.45, 2.75) is 33.7 Å². The van der Waals surface area contributed by atoms with E-state index in [1.54, 1.807) is 21.3 Å². The van der Waals surface area contributed by atoms with Crippen molar-refractivity contribution in [3.8, 4) is 17.2 Å². The summed E-state index contributed by atoms with van der Waals surface area (Å²) in [5, 5.41) is 1.14. The number of nitrogens with zero attached hydrogens (tertiary/aromatic N) is 4. The fourth-order valence-corrected chi connectivity index (χ4v) is 4.53. The third kappa shape index (κ3) is 4.69. The molecule has 0 atom stereocenters. The van der Waals surface area contributed by atoms with Gasteiger partial charge in [-0.2, -0.15) is 0 Å². The number of hydrogen-bond donors (Lipinski definition) is 0. The smallest absolute Gasteiger partial charge is 0.226 e. The highest BCUT2D eigenvalue weighted by molar-refractivity contribution is 5.83. The van der Waals surface area contributed by atoms with Crippen molar-refractivity contribution in [2.24, 2.45) is 0 Å². The zero-order valence-corrected chi connectivity index (χ0v) is 20.6. The average molecular weight is 451 g/mol. The van der Waals surface area contributed by atoms with Gasteiger partial charge in [-0.3, -0.25) is 4.90 Å². The topological polar surface area (TPSA) is 60.0 Å². The summed E-state index contributed by atoms with van der Waals surface area (Å²) in [7, 11) is 4.95. The first kappa shape index (κ1) is 23.1. The Morgan fingerprint density at radius 3 is 2.30 bits per heavy atom. The van der Waals surface area contributed by atoms with Crippen LogP contribution in [0.2, 0.25) is 0 Å². The molecule has 7 nitrogen and oxygen atoms in total. The molecule has 0 saturated carbocycles. The second kappa shape index (κ2) is 9.83. The number of aryl methyl sites for hydroxylation is 3. The molecular weight excluding hydrogens is 416 g/mol. The van der Waals surface area contributed by atoms with Crippen LogP contribution in [0.15, 0.2) is 24.3 Å². The van der Waals surface area contributed by atoms with E-state index in [1.165, 1.54) is 11.1 Å². The highest BCUT2D eigenvalue weighted by atomic mass is 16.5. The van der Waals surface area contributed by atoms with Crippen LogP contribution >= 0.6 is 0 Å². The van der Waals surface area contributed by atoms with Crippen LogP contribution in [-0.4, -0.2) is 62.4 Å². The SMILES string of the molecule is COc1ccc(CN2CCCN(c3nc(C)c4cc(C)c(C)cc4n3)CC2)c(OC)c1OC. The number of ether oxygens (including phenoxy) is 3. The quantitative estimate of drug-likeness (QED) is 0.555. The van der Waals surface area contributed by atoms with E-state index in [2.05, 4.69) is 48.8 Å². The van der Waals surface area contributed by atoms with Gasteiger partial charge in [-0.1, -0.05) is 6.07 Å². The number of aromatic nitrogens is 2. The molecule has 0 spiro atoms. The van der Waals surface area contributed by atoms with Gasteiger partial charge < -0.3 is 19.1 Å². The van der Waals surface area contributed by atoms with E-state index < -0.39 is 0 Å². The molecule has 176 valence electrons. The van der Waals surface area contributed by atoms with Crippen LogP contribution in [0.5, 0.6) is 17.2 Å². The second-order valence-corrected chi connectivity index (χ2v) is 8.67. The summed E-state index contributed by atoms with van der Waals surface area (Å²) in [4.78, 5) is 14.6. The zero-order chi connectivity index (χ0) is 23.5. The predicted molar refractivity (Wildman–Crippen MR) is 132 cm³/mol. The van der Waals surface area contributed by atoms with Gasteiger partial charge in [0.15, 0.2) is 11.5 Å². The Labute approximate surface area is 196 Å². The van der Waals surface area contributed by atoms with Crippen LogP contribution < -0.4 is 19.1 Å². The number of benzene rings is 2. The summed E-state index contributed by atoms with van der Waals surface area (Å²) < 4.78 is 16.7. The van der Waals surface area contributed by atoms with Crippen LogP contribution in [0.25, 0.3) is 10.9 Å². The third-order valence-corrected chi connectivity index (χ3v) is 6.54. The van der Waals surface area contributed by atoms with Crippen molar-refractivity contribution in [1.82, 2.24) is 14.9 Å². The maximum atomic E-state index is 5.68. The highest BCUT2D eigenvalue weighted by Crippen LogP contribution is 2.40. The molecule has 1 saturated heterocycles. The Morgan fingerprint density at radius 2 is 1.58 bits per heavy atom. The molecule has 7 heteroatoms. The second-order valence-electron chi connectivity index (χ2n) is 8.67. The van der Waals surface area contributed by atoms with Gasteiger partial charge >= 0.3 is 0 Å². The van der Waals surface area contributed by atoms with E-state index in [4.69, 9.17) is 24.2 Å². The van der Waals surface area contributed by atoms with E-state index in [-0.39, 0.29) is 0 Å². The fourth-order valence-electron chi connectivity index (χ4n) is 4.53. The Balaban J connectivity index is 1.52. The lowest BCUT2D eigenvalue weighted by molar-refractivity contribution is 0.274. The third-order valence-electron chi connectivity index (χ3n) is 6.54. The van der Waals surface area contributed by atoms with Crippen molar-refractivity contribution in [3.63, 3.8) is 0 Å². The van der Waals surface area contributed by atoms with E-state index in [1.807, 2.05) is 6.07 Å². The Kier molecular flexibility index (Phi) is 6.88. The first-order valence-corrected chi connectivity index (χ1v) is 11.5. The van der Waals surface area contributed by atoms with Gasteiger partial charge in [0.1, 0.15) is 0 Å². The lowest BCUT2D eigenvalue weighted by Gasteiger charge is -2.24. The van der Waals surface area contributed by atoms with Crippen LogP contribution in [0.3, 0.4) is 0 Å². The van der Waals surface area contributed by atoms with Crippen molar-refractivity contribution in [3.05, 3.63) is 46.6 Å². The molecular formula is C26H34N4O3. The standard InChI is InChI=1S/C26H34N4O3/c1-17-14-21-19(3)27-26(28-22(21)15-18(17)2)30-11-7-10-29(12-13-30)16-20-8-9-23(31-4)25(33-6)24(20)32-5/h8-9,14-15H,7,10-13,16H2,1-6H3. The molecule has 0 N–H and O–H groups in total. The normalized spacial score (nSPS) is 14.9. The molecule has 0 unspecified atom stereocenters. The molecule has 2 heterocycles. The average Bonchev–Trinajstić information content (AvgIpc) is 3.05. The van der Waals surface area contributed by atoms with Crippen LogP contribution in [0.4, 0.5) is 5.95 Å². The van der Waals surface area contributed by atoms with E-state index >= 15 is 0 Å². The Morgan fingerprint density at radius 1 is 0.818 bits per heavy atom. The zero-order valence-electron chi connectivity index (χ0n) is 20.6. The van der Waals surface area contributed by atoms with Gasteiger partial charge in [0.05, 0.1) is 32.5 Å². The van der Waals surface area contributed by atoms with E-state index in [9.17, 15) is 0 Å². The van der Waals surface area contributed by atoms with Crippen molar-refractivity contribution >= 4 is 16.9 Å². The minimum Gasteiger partial charge on any atom is -0.493 e. The van der Waals surface area contributed by atoms with Gasteiger partial charge in [-0.25, -0.2) is 9.97 Å². The molecule has 3 aromatic rings. The molecule has 0 aliphatic carbocycles. The number of rotatable bonds is 6. The van der Waals surface area contributed by atoms with E-state index in [0.717, 1.165) is 73.0 Å². The molecule has 0 amide bonds. The summed E-state index contributed by atoms with van der Waals surface area (Å²) in [5.74, 6) is 2.87. The molecule has 2 aromatic carbocycles. The minimum atomic E-state index is 0.638. The van der Waals surface area contributed by atoms with Crippen molar-refractivity contribution < 1.29 is 14.2 Å². The maximum absolute atomic E-state index is 5.68. The molecule has 1 fully saturated rings. The molecule has 33 heavy (non-hydrogen) atoms. The van der Waals surface area contributed by atoms with Crippen LogP contribution in [-0.2, 0) is 6.54 Å². The van der Waals surface area contributed by atoms with Gasteiger partial charge in [0.25, 0.3) is 0 Å². The predicted octanol–water partition coefficient (Wildman–Crippen LogP) is 4.29. The molecule has 1 aliphatic heterocycles. The van der Waals surface area contributed by atoms with E-state index in [0.29, 0.717) is 11.5 Å². The highest BCUT2D eigenvalue weighted by Gasteiger charge is 2.21. The number of anilines is 1. The van der Waals surface area contributed by atoms with Crippen LogP contribution in [0.1, 0.15) is 28.8 Å². The maximum Gasteiger partial charge on any atom is 0.226 e. The van der Waals surface area contributed by atoms with Gasteiger partial charge in [-0.15, -0.1) is 0 Å². The molecule has 0 bridgehead atoms.